The van der Waals surface area contributed by atoms with E-state index in [1.54, 1.807) is 24.3 Å². The third kappa shape index (κ3) is 5.52. The summed E-state index contributed by atoms with van der Waals surface area (Å²) in [7, 11) is 0. The summed E-state index contributed by atoms with van der Waals surface area (Å²) < 4.78 is 2.62. The average Bonchev–Trinajstić information content (AvgIpc) is 3.42. The van der Waals surface area contributed by atoms with Gasteiger partial charge in [-0.3, -0.25) is 9.36 Å². The Balaban J connectivity index is 1.44. The second-order valence-corrected chi connectivity index (χ2v) is 9.82. The number of rotatable bonds is 8. The number of benzene rings is 2. The highest BCUT2D eigenvalue weighted by Gasteiger charge is 2.18. The number of carbonyl (C=O) groups excluding carboxylic acids is 1. The van der Waals surface area contributed by atoms with Crippen molar-refractivity contribution in [3.8, 4) is 28.4 Å². The number of aromatic hydroxyl groups is 1. The van der Waals surface area contributed by atoms with E-state index in [1.165, 1.54) is 28.7 Å². The van der Waals surface area contributed by atoms with Crippen molar-refractivity contribution >= 4 is 50.1 Å². The molecular weight excluding hydrogens is 522 g/mol. The third-order valence-electron chi connectivity index (χ3n) is 4.66. The lowest BCUT2D eigenvalue weighted by Gasteiger charge is -2.09. The van der Waals surface area contributed by atoms with Crippen molar-refractivity contribution in [3.63, 3.8) is 0 Å². The van der Waals surface area contributed by atoms with E-state index in [4.69, 9.17) is 0 Å². The number of phenols is 1. The lowest BCUT2D eigenvalue weighted by molar-refractivity contribution is -0.113. The van der Waals surface area contributed by atoms with Crippen LogP contribution >= 0.6 is 39.0 Å². The van der Waals surface area contributed by atoms with E-state index in [-0.39, 0.29) is 17.4 Å². The predicted octanol–water partition coefficient (Wildman–Crippen LogP) is 5.76. The van der Waals surface area contributed by atoms with Crippen LogP contribution in [-0.2, 0) is 11.3 Å². The van der Waals surface area contributed by atoms with Gasteiger partial charge in [0.1, 0.15) is 5.75 Å². The Morgan fingerprint density at radius 2 is 2.06 bits per heavy atom. The van der Waals surface area contributed by atoms with Crippen LogP contribution in [0.5, 0.6) is 5.75 Å². The predicted molar refractivity (Wildman–Crippen MR) is 137 cm³/mol. The fourth-order valence-corrected chi connectivity index (χ4v) is 4.89. The van der Waals surface area contributed by atoms with Crippen LogP contribution in [0.25, 0.3) is 22.6 Å². The number of aromatic nitrogens is 4. The molecule has 4 aromatic rings. The molecular formula is C23H20BrN5O2S2. The summed E-state index contributed by atoms with van der Waals surface area (Å²) in [4.78, 5) is 17.0. The Labute approximate surface area is 207 Å². The van der Waals surface area contributed by atoms with Crippen LogP contribution in [0.2, 0.25) is 0 Å². The molecule has 33 heavy (non-hydrogen) atoms. The summed E-state index contributed by atoms with van der Waals surface area (Å²) in [6.07, 6.45) is 1.72. The minimum Gasteiger partial charge on any atom is -0.507 e. The summed E-state index contributed by atoms with van der Waals surface area (Å²) in [5, 5.41) is 24.6. The van der Waals surface area contributed by atoms with Crippen molar-refractivity contribution in [2.45, 2.75) is 18.6 Å². The Hall–Kier alpha value is -2.95. The Kier molecular flexibility index (Phi) is 7.26. The first kappa shape index (κ1) is 23.2. The van der Waals surface area contributed by atoms with Crippen molar-refractivity contribution < 1.29 is 9.90 Å². The smallest absolute Gasteiger partial charge is 0.236 e. The SMILES string of the molecule is C=CCn1c(SCC(=O)Nc2nc(-c3ccc(C)cc3)cs2)nnc1-c1cc(Br)ccc1O. The maximum absolute atomic E-state index is 12.5. The molecule has 0 atom stereocenters. The van der Waals surface area contributed by atoms with Gasteiger partial charge in [0.15, 0.2) is 16.1 Å². The maximum Gasteiger partial charge on any atom is 0.236 e. The fraction of sp³-hybridized carbons (Fsp3) is 0.130. The first-order chi connectivity index (χ1) is 15.9. The standard InChI is InChI=1S/C23H20BrN5O2S2/c1-3-10-29-21(17-11-16(24)8-9-19(17)30)27-28-23(29)33-13-20(31)26-22-25-18(12-32-22)15-6-4-14(2)5-7-15/h3-9,11-12,30H,1,10,13H2,2H3,(H,25,26,31). The molecule has 4 rings (SSSR count). The number of allylic oxidation sites excluding steroid dienone is 1. The van der Waals surface area contributed by atoms with Crippen molar-refractivity contribution in [2.24, 2.45) is 0 Å². The van der Waals surface area contributed by atoms with Gasteiger partial charge in [-0.1, -0.05) is 63.6 Å². The molecule has 0 spiro atoms. The third-order valence-corrected chi connectivity index (χ3v) is 6.88. The number of thioether (sulfide) groups is 1. The molecule has 0 unspecified atom stereocenters. The van der Waals surface area contributed by atoms with Crippen LogP contribution in [0.3, 0.4) is 0 Å². The van der Waals surface area contributed by atoms with Gasteiger partial charge in [-0.15, -0.1) is 28.1 Å². The summed E-state index contributed by atoms with van der Waals surface area (Å²) in [5.41, 5.74) is 3.56. The Morgan fingerprint density at radius 1 is 1.27 bits per heavy atom. The van der Waals surface area contributed by atoms with E-state index in [1.807, 2.05) is 41.1 Å². The number of phenolic OH excluding ortho intramolecular Hbond substituents is 1. The molecule has 2 aromatic carbocycles. The Bertz CT molecular complexity index is 1300. The Morgan fingerprint density at radius 3 is 2.82 bits per heavy atom. The molecule has 2 N–H and O–H groups in total. The molecule has 0 aliphatic rings. The number of nitrogens with one attached hydrogen (secondary N) is 1. The molecule has 2 aromatic heterocycles. The van der Waals surface area contributed by atoms with E-state index in [2.05, 4.69) is 43.0 Å². The monoisotopic (exact) mass is 541 g/mol. The topological polar surface area (TPSA) is 92.9 Å². The average molecular weight is 542 g/mol. The van der Waals surface area contributed by atoms with Crippen molar-refractivity contribution in [1.29, 1.82) is 0 Å². The summed E-state index contributed by atoms with van der Waals surface area (Å²) in [5.74, 6) is 0.543. The number of hydrogen-bond acceptors (Lipinski definition) is 7. The largest absolute Gasteiger partial charge is 0.507 e. The highest BCUT2D eigenvalue weighted by Crippen LogP contribution is 2.33. The van der Waals surface area contributed by atoms with Crippen LogP contribution in [0.15, 0.2) is 70.1 Å². The second kappa shape index (κ2) is 10.3. The number of nitrogens with zero attached hydrogens (tertiary/aromatic N) is 4. The number of anilines is 1. The van der Waals surface area contributed by atoms with Gasteiger partial charge in [-0.05, 0) is 25.1 Å². The number of carbonyl (C=O) groups is 1. The van der Waals surface area contributed by atoms with E-state index in [9.17, 15) is 9.90 Å². The second-order valence-electron chi connectivity index (χ2n) is 7.11. The zero-order chi connectivity index (χ0) is 23.4. The molecule has 0 aliphatic heterocycles. The van der Waals surface area contributed by atoms with Gasteiger partial charge in [0.2, 0.25) is 5.91 Å². The van der Waals surface area contributed by atoms with Crippen LogP contribution in [-0.4, -0.2) is 36.5 Å². The molecule has 2 heterocycles. The number of aryl methyl sites for hydroxylation is 1. The first-order valence-electron chi connectivity index (χ1n) is 9.93. The molecule has 0 saturated carbocycles. The quantitative estimate of drug-likeness (QED) is 0.217. The molecule has 0 radical (unpaired) electrons. The molecule has 0 aliphatic carbocycles. The summed E-state index contributed by atoms with van der Waals surface area (Å²) >= 11 is 6.05. The molecule has 10 heteroatoms. The van der Waals surface area contributed by atoms with Crippen LogP contribution in [0, 0.1) is 6.92 Å². The highest BCUT2D eigenvalue weighted by atomic mass is 79.9. The van der Waals surface area contributed by atoms with Crippen molar-refractivity contribution in [3.05, 3.63) is 70.5 Å². The maximum atomic E-state index is 12.5. The number of amides is 1. The lowest BCUT2D eigenvalue weighted by atomic mass is 10.1. The number of thiazole rings is 1. The van der Waals surface area contributed by atoms with Gasteiger partial charge >= 0.3 is 0 Å². The minimum absolute atomic E-state index is 0.0957. The van der Waals surface area contributed by atoms with Gasteiger partial charge in [0.05, 0.1) is 17.0 Å². The number of hydrogen-bond donors (Lipinski definition) is 2. The fourth-order valence-electron chi connectivity index (χ4n) is 3.05. The van der Waals surface area contributed by atoms with Crippen molar-refractivity contribution in [1.82, 2.24) is 19.7 Å². The van der Waals surface area contributed by atoms with Crippen LogP contribution in [0.1, 0.15) is 5.56 Å². The molecule has 0 fully saturated rings. The lowest BCUT2D eigenvalue weighted by Crippen LogP contribution is -2.14. The van der Waals surface area contributed by atoms with Crippen molar-refractivity contribution in [2.75, 3.05) is 11.1 Å². The summed E-state index contributed by atoms with van der Waals surface area (Å²) in [6, 6.07) is 13.2. The van der Waals surface area contributed by atoms with Crippen LogP contribution < -0.4 is 5.32 Å². The zero-order valence-corrected chi connectivity index (χ0v) is 20.9. The molecule has 168 valence electrons. The van der Waals surface area contributed by atoms with Gasteiger partial charge in [-0.25, -0.2) is 4.98 Å². The summed E-state index contributed by atoms with van der Waals surface area (Å²) in [6.45, 7) is 6.26. The van der Waals surface area contributed by atoms with Crippen LogP contribution in [0.4, 0.5) is 5.13 Å². The number of halogens is 1. The normalized spacial score (nSPS) is 10.8. The van der Waals surface area contributed by atoms with E-state index in [0.29, 0.717) is 28.2 Å². The molecule has 1 amide bonds. The molecule has 7 nitrogen and oxygen atoms in total. The van der Waals surface area contributed by atoms with Gasteiger partial charge in [-0.2, -0.15) is 0 Å². The zero-order valence-electron chi connectivity index (χ0n) is 17.7. The van der Waals surface area contributed by atoms with E-state index < -0.39 is 0 Å². The van der Waals surface area contributed by atoms with E-state index in [0.717, 1.165) is 15.7 Å². The minimum atomic E-state index is -0.190. The highest BCUT2D eigenvalue weighted by molar-refractivity contribution is 9.10. The van der Waals surface area contributed by atoms with Gasteiger partial charge < -0.3 is 10.4 Å². The molecule has 0 bridgehead atoms. The van der Waals surface area contributed by atoms with Gasteiger partial charge in [0.25, 0.3) is 0 Å². The first-order valence-corrected chi connectivity index (χ1v) is 12.6. The molecule has 0 saturated heterocycles. The van der Waals surface area contributed by atoms with Gasteiger partial charge in [0, 0.05) is 22.0 Å². The van der Waals surface area contributed by atoms with E-state index >= 15 is 0 Å².